The summed E-state index contributed by atoms with van der Waals surface area (Å²) in [5.41, 5.74) is 1.19. The molecule has 1 heterocycles. The number of nitrogens with zero attached hydrogens (tertiary/aromatic N) is 3. The molecule has 1 fully saturated rings. The molecule has 0 amide bonds. The highest BCUT2D eigenvalue weighted by Gasteiger charge is 2.12. The van der Waals surface area contributed by atoms with Gasteiger partial charge in [-0.1, -0.05) is 33.1 Å². The molecule has 1 aromatic heterocycles. The molecule has 1 aliphatic carbocycles. The predicted octanol–water partition coefficient (Wildman–Crippen LogP) is 4.36. The second-order valence-electron chi connectivity index (χ2n) is 5.73. The standard InChI is InChI=1S/C16H27N3S/c1-4-14(5-2)11-17-19-13(3)12-20-16(19)18-15-9-7-6-8-10-15/h11-12,14-15H,4-10H2,1-3H3. The van der Waals surface area contributed by atoms with E-state index in [1.165, 1.54) is 37.8 Å². The van der Waals surface area contributed by atoms with Crippen molar-refractivity contribution in [2.45, 2.75) is 71.8 Å². The van der Waals surface area contributed by atoms with E-state index in [1.54, 1.807) is 11.3 Å². The van der Waals surface area contributed by atoms with E-state index < -0.39 is 0 Å². The molecule has 0 atom stereocenters. The molecular formula is C16H27N3S. The van der Waals surface area contributed by atoms with E-state index in [-0.39, 0.29) is 0 Å². The zero-order valence-electron chi connectivity index (χ0n) is 13.0. The third-order valence-corrected chi connectivity index (χ3v) is 5.11. The molecule has 0 radical (unpaired) electrons. The summed E-state index contributed by atoms with van der Waals surface area (Å²) in [7, 11) is 0. The first-order chi connectivity index (χ1) is 9.74. The number of aryl methyl sites for hydroxylation is 1. The monoisotopic (exact) mass is 293 g/mol. The first-order valence-corrected chi connectivity index (χ1v) is 8.88. The molecule has 4 heteroatoms. The fourth-order valence-electron chi connectivity index (χ4n) is 2.64. The van der Waals surface area contributed by atoms with Crippen LogP contribution in [-0.4, -0.2) is 16.9 Å². The summed E-state index contributed by atoms with van der Waals surface area (Å²) in [5, 5.41) is 6.84. The van der Waals surface area contributed by atoms with Gasteiger partial charge in [-0.2, -0.15) is 5.10 Å². The Hall–Kier alpha value is -0.900. The Labute approximate surface area is 126 Å². The second-order valence-corrected chi connectivity index (χ2v) is 6.57. The normalized spacial score (nSPS) is 18.5. The van der Waals surface area contributed by atoms with Gasteiger partial charge in [-0.05, 0) is 38.5 Å². The molecule has 0 unspecified atom stereocenters. The number of hydrogen-bond acceptors (Lipinski definition) is 3. The minimum atomic E-state index is 0.511. The molecule has 0 aliphatic heterocycles. The summed E-state index contributed by atoms with van der Waals surface area (Å²) in [6, 6.07) is 0.511. The van der Waals surface area contributed by atoms with Gasteiger partial charge in [0.05, 0.1) is 11.7 Å². The van der Waals surface area contributed by atoms with Crippen molar-refractivity contribution >= 4 is 17.6 Å². The van der Waals surface area contributed by atoms with Crippen LogP contribution in [0.25, 0.3) is 0 Å². The fourth-order valence-corrected chi connectivity index (χ4v) is 3.52. The predicted molar refractivity (Wildman–Crippen MR) is 87.4 cm³/mol. The smallest absolute Gasteiger partial charge is 0.206 e. The minimum Gasteiger partial charge on any atom is -0.254 e. The lowest BCUT2D eigenvalue weighted by molar-refractivity contribution is 0.435. The lowest BCUT2D eigenvalue weighted by atomic mass is 9.96. The van der Waals surface area contributed by atoms with Gasteiger partial charge in [0.15, 0.2) is 0 Å². The third-order valence-electron chi connectivity index (χ3n) is 4.16. The van der Waals surface area contributed by atoms with Crippen LogP contribution in [0.15, 0.2) is 15.5 Å². The highest BCUT2D eigenvalue weighted by atomic mass is 32.1. The van der Waals surface area contributed by atoms with Gasteiger partial charge < -0.3 is 0 Å². The van der Waals surface area contributed by atoms with Gasteiger partial charge in [0.1, 0.15) is 0 Å². The molecule has 1 saturated carbocycles. The first kappa shape index (κ1) is 15.5. The Kier molecular flexibility index (Phi) is 6.02. The van der Waals surface area contributed by atoms with Crippen molar-refractivity contribution in [1.29, 1.82) is 0 Å². The lowest BCUT2D eigenvalue weighted by Crippen LogP contribution is -2.19. The second kappa shape index (κ2) is 7.77. The zero-order valence-corrected chi connectivity index (χ0v) is 13.8. The minimum absolute atomic E-state index is 0.511. The van der Waals surface area contributed by atoms with Crippen molar-refractivity contribution in [2.75, 3.05) is 0 Å². The number of hydrogen-bond donors (Lipinski definition) is 0. The lowest BCUT2D eigenvalue weighted by Gasteiger charge is -2.16. The Balaban J connectivity index is 2.20. The van der Waals surface area contributed by atoms with E-state index in [2.05, 4.69) is 37.5 Å². The van der Waals surface area contributed by atoms with Crippen LogP contribution in [0.4, 0.5) is 0 Å². The maximum atomic E-state index is 4.94. The highest BCUT2D eigenvalue weighted by molar-refractivity contribution is 7.07. The topological polar surface area (TPSA) is 29.6 Å². The van der Waals surface area contributed by atoms with Crippen LogP contribution >= 0.6 is 11.3 Å². The number of thiazole rings is 1. The molecule has 112 valence electrons. The Morgan fingerprint density at radius 3 is 2.65 bits per heavy atom. The van der Waals surface area contributed by atoms with Crippen molar-refractivity contribution in [3.8, 4) is 0 Å². The molecule has 20 heavy (non-hydrogen) atoms. The van der Waals surface area contributed by atoms with Crippen LogP contribution in [0.5, 0.6) is 0 Å². The molecule has 0 N–H and O–H groups in total. The summed E-state index contributed by atoms with van der Waals surface area (Å²) in [5.74, 6) is 0.573. The molecule has 1 aliphatic rings. The van der Waals surface area contributed by atoms with Crippen LogP contribution in [0.3, 0.4) is 0 Å². The number of rotatable bonds is 5. The van der Waals surface area contributed by atoms with Crippen LogP contribution in [-0.2, 0) is 0 Å². The van der Waals surface area contributed by atoms with Crippen LogP contribution in [0, 0.1) is 12.8 Å². The zero-order chi connectivity index (χ0) is 14.4. The molecule has 0 spiro atoms. The molecule has 1 aromatic rings. The van der Waals surface area contributed by atoms with Crippen molar-refractivity contribution in [3.05, 3.63) is 15.9 Å². The van der Waals surface area contributed by atoms with E-state index in [0.717, 1.165) is 17.6 Å². The fraction of sp³-hybridized carbons (Fsp3) is 0.750. The third kappa shape index (κ3) is 4.05. The summed E-state index contributed by atoms with van der Waals surface area (Å²) in [6.07, 6.45) is 10.9. The highest BCUT2D eigenvalue weighted by Crippen LogP contribution is 2.20. The van der Waals surface area contributed by atoms with E-state index in [4.69, 9.17) is 4.99 Å². The van der Waals surface area contributed by atoms with Gasteiger partial charge in [0.25, 0.3) is 0 Å². The molecule has 0 bridgehead atoms. The van der Waals surface area contributed by atoms with Crippen LogP contribution < -0.4 is 4.80 Å². The van der Waals surface area contributed by atoms with Gasteiger partial charge in [-0.15, -0.1) is 11.3 Å². The Bertz CT molecular complexity index is 488. The molecule has 0 aromatic carbocycles. The Morgan fingerprint density at radius 1 is 1.30 bits per heavy atom. The van der Waals surface area contributed by atoms with Crippen molar-refractivity contribution < 1.29 is 0 Å². The first-order valence-electron chi connectivity index (χ1n) is 8.00. The maximum absolute atomic E-state index is 4.94. The van der Waals surface area contributed by atoms with Gasteiger partial charge in [-0.3, -0.25) is 4.99 Å². The van der Waals surface area contributed by atoms with E-state index in [1.807, 2.05) is 4.68 Å². The molecule has 2 rings (SSSR count). The quantitative estimate of drug-likeness (QED) is 0.722. The van der Waals surface area contributed by atoms with Gasteiger partial charge in [-0.25, -0.2) is 4.68 Å². The summed E-state index contributed by atoms with van der Waals surface area (Å²) < 4.78 is 2.03. The largest absolute Gasteiger partial charge is 0.254 e. The average Bonchev–Trinajstić information content (AvgIpc) is 2.82. The van der Waals surface area contributed by atoms with Gasteiger partial charge in [0.2, 0.25) is 4.80 Å². The summed E-state index contributed by atoms with van der Waals surface area (Å²) >= 11 is 1.72. The molecular weight excluding hydrogens is 266 g/mol. The number of aromatic nitrogens is 1. The van der Waals surface area contributed by atoms with E-state index in [0.29, 0.717) is 12.0 Å². The average molecular weight is 293 g/mol. The van der Waals surface area contributed by atoms with Crippen molar-refractivity contribution in [1.82, 2.24) is 4.68 Å². The maximum Gasteiger partial charge on any atom is 0.206 e. The van der Waals surface area contributed by atoms with Gasteiger partial charge >= 0.3 is 0 Å². The van der Waals surface area contributed by atoms with E-state index in [9.17, 15) is 0 Å². The van der Waals surface area contributed by atoms with E-state index >= 15 is 0 Å². The van der Waals surface area contributed by atoms with Crippen molar-refractivity contribution in [2.24, 2.45) is 16.0 Å². The SMILES string of the molecule is CCC(C=Nn1c(C)csc1=NC1CCCCC1)CC. The van der Waals surface area contributed by atoms with Gasteiger partial charge in [0, 0.05) is 11.6 Å². The molecule has 0 saturated heterocycles. The van der Waals surface area contributed by atoms with Crippen molar-refractivity contribution in [3.63, 3.8) is 0 Å². The van der Waals surface area contributed by atoms with Crippen LogP contribution in [0.2, 0.25) is 0 Å². The summed E-state index contributed by atoms with van der Waals surface area (Å²) in [6.45, 7) is 6.55. The van der Waals surface area contributed by atoms with Crippen LogP contribution in [0.1, 0.15) is 64.5 Å². The Morgan fingerprint density at radius 2 is 2.00 bits per heavy atom. The molecule has 3 nitrogen and oxygen atoms in total. The summed E-state index contributed by atoms with van der Waals surface area (Å²) in [4.78, 5) is 6.00.